The lowest BCUT2D eigenvalue weighted by molar-refractivity contribution is -0.137. The van der Waals surface area contributed by atoms with Crippen LogP contribution in [0.1, 0.15) is 24.8 Å². The highest BCUT2D eigenvalue weighted by atomic mass is 16.5. The van der Waals surface area contributed by atoms with Crippen LogP contribution in [0, 0.1) is 0 Å². The monoisotopic (exact) mass is 393 g/mol. The van der Waals surface area contributed by atoms with Gasteiger partial charge >= 0.3 is 12.0 Å². The maximum atomic E-state index is 12.0. The Morgan fingerprint density at radius 2 is 2.07 bits per heavy atom. The second kappa shape index (κ2) is 11.1. The van der Waals surface area contributed by atoms with Gasteiger partial charge in [-0.1, -0.05) is 18.2 Å². The van der Waals surface area contributed by atoms with E-state index in [1.165, 1.54) is 11.9 Å². The van der Waals surface area contributed by atoms with Crippen molar-refractivity contribution in [3.05, 3.63) is 29.8 Å². The maximum Gasteiger partial charge on any atom is 0.317 e. The first-order chi connectivity index (χ1) is 13.5. The van der Waals surface area contributed by atoms with Crippen LogP contribution in [0.3, 0.4) is 0 Å². The molecular weight excluding hydrogens is 366 g/mol. The van der Waals surface area contributed by atoms with Crippen LogP contribution in [0.25, 0.3) is 0 Å². The van der Waals surface area contributed by atoms with Crippen molar-refractivity contribution in [3.63, 3.8) is 0 Å². The van der Waals surface area contributed by atoms with Gasteiger partial charge in [-0.2, -0.15) is 0 Å². The molecule has 1 atom stereocenters. The molecule has 1 fully saturated rings. The molecule has 1 aliphatic heterocycles. The number of carboxylic acids is 1. The Morgan fingerprint density at radius 1 is 1.29 bits per heavy atom. The lowest BCUT2D eigenvalue weighted by Gasteiger charge is -2.18. The summed E-state index contributed by atoms with van der Waals surface area (Å²) in [6, 6.07) is 6.72. The molecule has 0 aromatic heterocycles. The molecule has 0 spiro atoms. The van der Waals surface area contributed by atoms with E-state index in [0.717, 1.165) is 25.0 Å². The van der Waals surface area contributed by atoms with E-state index >= 15 is 0 Å². The van der Waals surface area contributed by atoms with E-state index in [1.54, 1.807) is 24.3 Å². The van der Waals surface area contributed by atoms with Gasteiger partial charge in [0, 0.05) is 38.9 Å². The van der Waals surface area contributed by atoms with Gasteiger partial charge in [0.15, 0.2) is 6.61 Å². The lowest BCUT2D eigenvalue weighted by Crippen LogP contribution is -2.38. The van der Waals surface area contributed by atoms with E-state index in [9.17, 15) is 14.4 Å². The number of benzene rings is 1. The normalized spacial score (nSPS) is 15.7. The average molecular weight is 393 g/mol. The molecule has 154 valence electrons. The van der Waals surface area contributed by atoms with Crippen molar-refractivity contribution >= 4 is 17.9 Å². The molecule has 1 aromatic rings. The van der Waals surface area contributed by atoms with Crippen LogP contribution in [0.5, 0.6) is 5.75 Å². The number of aliphatic carboxylic acids is 1. The summed E-state index contributed by atoms with van der Waals surface area (Å²) in [5.41, 5.74) is 0.717. The molecule has 2 rings (SSSR count). The summed E-state index contributed by atoms with van der Waals surface area (Å²) in [5, 5.41) is 14.2. The summed E-state index contributed by atoms with van der Waals surface area (Å²) in [6.07, 6.45) is 1.92. The third-order valence-electron chi connectivity index (χ3n) is 4.32. The van der Waals surface area contributed by atoms with E-state index in [2.05, 4.69) is 10.6 Å². The van der Waals surface area contributed by atoms with Crippen LogP contribution in [0.15, 0.2) is 24.3 Å². The second-order valence-corrected chi connectivity index (χ2v) is 6.56. The minimum atomic E-state index is -0.962. The Morgan fingerprint density at radius 3 is 2.79 bits per heavy atom. The minimum Gasteiger partial charge on any atom is -0.483 e. The largest absolute Gasteiger partial charge is 0.483 e. The van der Waals surface area contributed by atoms with Crippen molar-refractivity contribution in [1.82, 2.24) is 15.5 Å². The number of ether oxygens (including phenoxy) is 2. The molecule has 0 saturated carbocycles. The molecule has 1 aliphatic rings. The maximum absolute atomic E-state index is 12.0. The van der Waals surface area contributed by atoms with E-state index < -0.39 is 5.97 Å². The van der Waals surface area contributed by atoms with Crippen molar-refractivity contribution in [3.8, 4) is 5.75 Å². The van der Waals surface area contributed by atoms with Crippen molar-refractivity contribution in [1.29, 1.82) is 0 Å². The number of rotatable bonds is 10. The molecule has 1 unspecified atom stereocenters. The van der Waals surface area contributed by atoms with Gasteiger partial charge in [-0.25, -0.2) is 4.79 Å². The number of carboxylic acid groups (broad SMARTS) is 1. The smallest absolute Gasteiger partial charge is 0.317 e. The Balaban J connectivity index is 1.77. The number of nitrogens with zero attached hydrogens (tertiary/aromatic N) is 1. The highest BCUT2D eigenvalue weighted by molar-refractivity contribution is 5.77. The van der Waals surface area contributed by atoms with Gasteiger partial charge in [0.25, 0.3) is 5.91 Å². The highest BCUT2D eigenvalue weighted by Crippen LogP contribution is 2.17. The van der Waals surface area contributed by atoms with Gasteiger partial charge in [0.1, 0.15) is 5.75 Å². The standard InChI is InChI=1S/C19H27N3O6/c1-22(9-8-18(24)25)19(26)21-11-14-5-2-3-7-16(14)28-13-17(23)20-12-15-6-4-10-27-15/h2-3,5,7,15H,4,6,8-13H2,1H3,(H,20,23)(H,21,26)(H,24,25). The van der Waals surface area contributed by atoms with Gasteiger partial charge < -0.3 is 30.1 Å². The predicted octanol–water partition coefficient (Wildman–Crippen LogP) is 0.977. The molecule has 9 heteroatoms. The molecule has 28 heavy (non-hydrogen) atoms. The number of hydrogen-bond acceptors (Lipinski definition) is 5. The fourth-order valence-corrected chi connectivity index (χ4v) is 2.69. The van der Waals surface area contributed by atoms with E-state index in [1.807, 2.05) is 0 Å². The van der Waals surface area contributed by atoms with Crippen LogP contribution < -0.4 is 15.4 Å². The summed E-state index contributed by atoms with van der Waals surface area (Å²) in [4.78, 5) is 35.9. The molecule has 1 heterocycles. The quantitative estimate of drug-likeness (QED) is 0.545. The zero-order valence-corrected chi connectivity index (χ0v) is 16.0. The molecule has 3 N–H and O–H groups in total. The first-order valence-corrected chi connectivity index (χ1v) is 9.25. The van der Waals surface area contributed by atoms with E-state index in [0.29, 0.717) is 12.3 Å². The average Bonchev–Trinajstić information content (AvgIpc) is 3.21. The van der Waals surface area contributed by atoms with Gasteiger partial charge in [-0.15, -0.1) is 0 Å². The van der Waals surface area contributed by atoms with Crippen LogP contribution >= 0.6 is 0 Å². The topological polar surface area (TPSA) is 117 Å². The molecule has 1 saturated heterocycles. The number of urea groups is 1. The first kappa shape index (κ1) is 21.5. The summed E-state index contributed by atoms with van der Waals surface area (Å²) < 4.78 is 11.0. The third kappa shape index (κ3) is 7.43. The number of para-hydroxylation sites is 1. The number of nitrogens with one attached hydrogen (secondary N) is 2. The van der Waals surface area contributed by atoms with Crippen LogP contribution in [0.2, 0.25) is 0 Å². The predicted molar refractivity (Wildman–Crippen MR) is 101 cm³/mol. The minimum absolute atomic E-state index is 0.0737. The van der Waals surface area contributed by atoms with Crippen LogP contribution in [-0.4, -0.2) is 67.4 Å². The summed E-state index contributed by atoms with van der Waals surface area (Å²) in [7, 11) is 1.53. The van der Waals surface area contributed by atoms with E-state index in [-0.39, 0.29) is 44.2 Å². The lowest BCUT2D eigenvalue weighted by atomic mass is 10.2. The number of carbonyl (C=O) groups is 3. The Bertz CT molecular complexity index is 675. The van der Waals surface area contributed by atoms with Crippen LogP contribution in [0.4, 0.5) is 4.79 Å². The third-order valence-corrected chi connectivity index (χ3v) is 4.32. The van der Waals surface area contributed by atoms with Crippen molar-refractivity contribution in [2.24, 2.45) is 0 Å². The molecule has 0 bridgehead atoms. The fourth-order valence-electron chi connectivity index (χ4n) is 2.69. The number of amides is 3. The van der Waals surface area contributed by atoms with Crippen molar-refractivity contribution < 1.29 is 29.0 Å². The molecule has 0 radical (unpaired) electrons. The van der Waals surface area contributed by atoms with Gasteiger partial charge in [0.2, 0.25) is 0 Å². The summed E-state index contributed by atoms with van der Waals surface area (Å²) >= 11 is 0. The SMILES string of the molecule is CN(CCC(=O)O)C(=O)NCc1ccccc1OCC(=O)NCC1CCCO1. The molecular formula is C19H27N3O6. The molecule has 9 nitrogen and oxygen atoms in total. The number of carbonyl (C=O) groups excluding carboxylic acids is 2. The zero-order valence-electron chi connectivity index (χ0n) is 16.0. The Hall–Kier alpha value is -2.81. The molecule has 0 aliphatic carbocycles. The van der Waals surface area contributed by atoms with E-state index in [4.69, 9.17) is 14.6 Å². The highest BCUT2D eigenvalue weighted by Gasteiger charge is 2.16. The fraction of sp³-hybridized carbons (Fsp3) is 0.526. The zero-order chi connectivity index (χ0) is 20.4. The Kier molecular flexibility index (Phi) is 8.54. The van der Waals surface area contributed by atoms with Gasteiger partial charge in [-0.3, -0.25) is 9.59 Å². The van der Waals surface area contributed by atoms with Crippen LogP contribution in [-0.2, 0) is 20.9 Å². The summed E-state index contributed by atoms with van der Waals surface area (Å²) in [6.45, 7) is 1.40. The Labute approximate surface area is 164 Å². The second-order valence-electron chi connectivity index (χ2n) is 6.56. The van der Waals surface area contributed by atoms with Crippen molar-refractivity contribution in [2.75, 3.05) is 33.4 Å². The van der Waals surface area contributed by atoms with Gasteiger partial charge in [-0.05, 0) is 18.9 Å². The number of hydrogen-bond donors (Lipinski definition) is 3. The van der Waals surface area contributed by atoms with Gasteiger partial charge in [0.05, 0.1) is 12.5 Å². The van der Waals surface area contributed by atoms with Crippen molar-refractivity contribution in [2.45, 2.75) is 31.9 Å². The molecule has 3 amide bonds. The first-order valence-electron chi connectivity index (χ1n) is 9.25. The summed E-state index contributed by atoms with van der Waals surface area (Å²) in [5.74, 6) is -0.692. The molecule has 1 aromatic carbocycles.